The molecule has 0 bridgehead atoms. The van der Waals surface area contributed by atoms with Gasteiger partial charge in [-0.2, -0.15) is 13.2 Å². The average Bonchev–Trinajstić information content (AvgIpc) is 3.31. The molecule has 0 amide bonds. The Balaban J connectivity index is 1.17. The number of benzene rings is 2. The number of carbonyl (C=O) groups is 1. The molecule has 2 N–H and O–H groups in total. The molecular weight excluding hydrogens is 645 g/mol. The number of hydrogen-bond donors (Lipinski definition) is 2. The van der Waals surface area contributed by atoms with E-state index in [4.69, 9.17) is 9.47 Å². The number of esters is 1. The SMILES string of the molecule is CC(C)C(=O)Oc1cc(S(C)(=O)=O)ccc1NCC#Cc1cc2c(N[C@H]3CC[C@@H](N4CC5(COC5)C4)CC3)cccc2n1CC(F)(F)F. The molecule has 48 heavy (non-hydrogen) atoms. The molecule has 1 spiro atoms. The van der Waals surface area contributed by atoms with E-state index in [1.807, 2.05) is 6.07 Å². The van der Waals surface area contributed by atoms with Gasteiger partial charge in [0.1, 0.15) is 6.54 Å². The quantitative estimate of drug-likeness (QED) is 0.168. The zero-order valence-electron chi connectivity index (χ0n) is 27.3. The van der Waals surface area contributed by atoms with Crippen molar-refractivity contribution in [2.24, 2.45) is 11.3 Å². The summed E-state index contributed by atoms with van der Waals surface area (Å²) >= 11 is 0. The molecule has 0 atom stereocenters. The van der Waals surface area contributed by atoms with Crippen molar-refractivity contribution in [1.29, 1.82) is 0 Å². The van der Waals surface area contributed by atoms with Crippen molar-refractivity contribution < 1.29 is 35.9 Å². The normalized spacial score (nSPS) is 20.9. The molecule has 1 saturated carbocycles. The van der Waals surface area contributed by atoms with E-state index in [9.17, 15) is 26.4 Å². The predicted molar refractivity (Wildman–Crippen MR) is 178 cm³/mol. The summed E-state index contributed by atoms with van der Waals surface area (Å²) in [6.45, 7) is 6.09. The van der Waals surface area contributed by atoms with Crippen LogP contribution in [0.1, 0.15) is 45.2 Å². The van der Waals surface area contributed by atoms with Crippen LogP contribution in [0.2, 0.25) is 0 Å². The maximum absolute atomic E-state index is 13.7. The van der Waals surface area contributed by atoms with Gasteiger partial charge in [-0.05, 0) is 61.9 Å². The Hall–Kier alpha value is -3.73. The lowest BCUT2D eigenvalue weighted by molar-refractivity contribution is -0.200. The molecule has 0 unspecified atom stereocenters. The van der Waals surface area contributed by atoms with Crippen LogP contribution in [0.25, 0.3) is 10.9 Å². The minimum absolute atomic E-state index is 0.00248. The van der Waals surface area contributed by atoms with Crippen LogP contribution in [0.3, 0.4) is 0 Å². The number of nitrogens with one attached hydrogen (secondary N) is 2. The Morgan fingerprint density at radius 3 is 2.44 bits per heavy atom. The number of alkyl halides is 3. The number of likely N-dealkylation sites (tertiary alicyclic amines) is 1. The van der Waals surface area contributed by atoms with Crippen LogP contribution in [-0.4, -0.2) is 81.2 Å². The first-order valence-electron chi connectivity index (χ1n) is 16.3. The van der Waals surface area contributed by atoms with Crippen LogP contribution in [0.4, 0.5) is 24.5 Å². The van der Waals surface area contributed by atoms with Crippen LogP contribution in [0.15, 0.2) is 47.4 Å². The third-order valence-electron chi connectivity index (χ3n) is 9.40. The lowest BCUT2D eigenvalue weighted by Gasteiger charge is -2.58. The second kappa shape index (κ2) is 13.3. The average molecular weight is 687 g/mol. The van der Waals surface area contributed by atoms with Gasteiger partial charge in [0.25, 0.3) is 0 Å². The zero-order valence-corrected chi connectivity index (χ0v) is 28.1. The summed E-state index contributed by atoms with van der Waals surface area (Å²) in [4.78, 5) is 14.8. The monoisotopic (exact) mass is 686 g/mol. The molecule has 1 aliphatic carbocycles. The van der Waals surface area contributed by atoms with Crippen molar-refractivity contribution in [3.05, 3.63) is 48.2 Å². The van der Waals surface area contributed by atoms with Crippen molar-refractivity contribution in [3.8, 4) is 17.6 Å². The summed E-state index contributed by atoms with van der Waals surface area (Å²) in [7, 11) is -3.57. The second-order valence-electron chi connectivity index (χ2n) is 13.7. The second-order valence-corrected chi connectivity index (χ2v) is 15.7. The van der Waals surface area contributed by atoms with E-state index < -0.39 is 34.4 Å². The van der Waals surface area contributed by atoms with E-state index in [1.165, 1.54) is 22.8 Å². The first kappa shape index (κ1) is 34.1. The van der Waals surface area contributed by atoms with Gasteiger partial charge in [0.15, 0.2) is 15.6 Å². The van der Waals surface area contributed by atoms with E-state index in [2.05, 4.69) is 27.4 Å². The van der Waals surface area contributed by atoms with Crippen LogP contribution < -0.4 is 15.4 Å². The minimum Gasteiger partial charge on any atom is -0.424 e. The first-order chi connectivity index (χ1) is 22.7. The molecule has 13 heteroatoms. The number of nitrogens with zero attached hydrogens (tertiary/aromatic N) is 2. The van der Waals surface area contributed by atoms with Crippen LogP contribution >= 0.6 is 0 Å². The molecule has 6 rings (SSSR count). The number of anilines is 2. The Morgan fingerprint density at radius 2 is 1.81 bits per heavy atom. The van der Waals surface area contributed by atoms with Gasteiger partial charge >= 0.3 is 12.1 Å². The molecule has 0 radical (unpaired) electrons. The molecule has 258 valence electrons. The lowest BCUT2D eigenvalue weighted by Crippen LogP contribution is -2.68. The highest BCUT2D eigenvalue weighted by molar-refractivity contribution is 7.90. The summed E-state index contributed by atoms with van der Waals surface area (Å²) in [6, 6.07) is 12.0. The van der Waals surface area contributed by atoms with Gasteiger partial charge in [-0.25, -0.2) is 8.42 Å². The van der Waals surface area contributed by atoms with Crippen LogP contribution in [0, 0.1) is 23.2 Å². The highest BCUT2D eigenvalue weighted by Gasteiger charge is 2.50. The fourth-order valence-corrected chi connectivity index (χ4v) is 7.42. The van der Waals surface area contributed by atoms with Gasteiger partial charge < -0.3 is 24.7 Å². The van der Waals surface area contributed by atoms with E-state index in [0.29, 0.717) is 28.0 Å². The zero-order chi connectivity index (χ0) is 34.3. The number of carbonyl (C=O) groups excluding carboxylic acids is 1. The Kier molecular flexibility index (Phi) is 9.45. The summed E-state index contributed by atoms with van der Waals surface area (Å²) in [5.74, 6) is 4.81. The molecule has 3 fully saturated rings. The molecule has 1 aromatic heterocycles. The van der Waals surface area contributed by atoms with Gasteiger partial charge in [0, 0.05) is 54.0 Å². The molecule has 2 aromatic carbocycles. The number of hydrogen-bond acceptors (Lipinski definition) is 8. The van der Waals surface area contributed by atoms with E-state index in [0.717, 1.165) is 63.9 Å². The van der Waals surface area contributed by atoms with Crippen molar-refractivity contribution in [2.75, 3.05) is 49.7 Å². The maximum Gasteiger partial charge on any atom is 0.406 e. The summed E-state index contributed by atoms with van der Waals surface area (Å²) < 4.78 is 77.4. The summed E-state index contributed by atoms with van der Waals surface area (Å²) in [6.07, 6.45) is 0.733. The number of ether oxygens (including phenoxy) is 2. The fourth-order valence-electron chi connectivity index (χ4n) is 6.78. The maximum atomic E-state index is 13.7. The van der Waals surface area contributed by atoms with E-state index >= 15 is 0 Å². The highest BCUT2D eigenvalue weighted by Crippen LogP contribution is 2.41. The van der Waals surface area contributed by atoms with E-state index in [1.54, 1.807) is 32.0 Å². The number of halogens is 3. The molecular formula is C35H41F3N4O5S. The summed E-state index contributed by atoms with van der Waals surface area (Å²) in [5.41, 5.74) is 2.16. The first-order valence-corrected chi connectivity index (χ1v) is 18.1. The lowest BCUT2D eigenvalue weighted by atomic mass is 9.75. The molecule has 3 aliphatic rings. The van der Waals surface area contributed by atoms with Crippen LogP contribution in [0.5, 0.6) is 5.75 Å². The highest BCUT2D eigenvalue weighted by atomic mass is 32.2. The number of aromatic nitrogens is 1. The largest absolute Gasteiger partial charge is 0.424 e. The topological polar surface area (TPSA) is 102 Å². The smallest absolute Gasteiger partial charge is 0.406 e. The van der Waals surface area contributed by atoms with Gasteiger partial charge in [0.2, 0.25) is 0 Å². The molecule has 3 aromatic rings. The third-order valence-corrected chi connectivity index (χ3v) is 10.5. The fraction of sp³-hybridized carbons (Fsp3) is 0.514. The molecule has 2 aliphatic heterocycles. The Labute approximate surface area is 279 Å². The van der Waals surface area contributed by atoms with Crippen molar-refractivity contribution in [3.63, 3.8) is 0 Å². The van der Waals surface area contributed by atoms with Gasteiger partial charge in [-0.15, -0.1) is 0 Å². The van der Waals surface area contributed by atoms with Gasteiger partial charge in [-0.1, -0.05) is 25.8 Å². The number of sulfone groups is 1. The van der Waals surface area contributed by atoms with Crippen molar-refractivity contribution in [2.45, 2.75) is 69.2 Å². The van der Waals surface area contributed by atoms with Crippen molar-refractivity contribution >= 4 is 38.1 Å². The molecule has 9 nitrogen and oxygen atoms in total. The van der Waals surface area contributed by atoms with Gasteiger partial charge in [0.05, 0.1) is 47.5 Å². The van der Waals surface area contributed by atoms with Crippen molar-refractivity contribution in [1.82, 2.24) is 9.47 Å². The number of rotatable bonds is 9. The predicted octanol–water partition coefficient (Wildman–Crippen LogP) is 5.69. The third kappa shape index (κ3) is 7.61. The Morgan fingerprint density at radius 1 is 1.08 bits per heavy atom. The molecule has 3 heterocycles. The standard InChI is InChI=1S/C35H41F3N4O5S/c1-23(2)33(43)47-32-17-27(48(3,44)45)13-14-30(32)39-15-5-6-26-16-28-29(7-4-8-31(28)42(26)20-35(36,37)38)40-24-9-11-25(12-10-24)41-18-34(19-41)21-46-22-34/h4,7-8,13-14,16-17,23-25,39-40H,9-12,15,18-22H2,1-3H3/t24-,25+. The minimum atomic E-state index is -4.46. The Bertz CT molecular complexity index is 1840. The van der Waals surface area contributed by atoms with E-state index in [-0.39, 0.29) is 28.9 Å². The summed E-state index contributed by atoms with van der Waals surface area (Å²) in [5, 5.41) is 7.30. The number of fused-ring (bicyclic) bond motifs is 1. The van der Waals surface area contributed by atoms with Gasteiger partial charge in [-0.3, -0.25) is 9.69 Å². The molecule has 2 saturated heterocycles. The van der Waals surface area contributed by atoms with Crippen LogP contribution in [-0.2, 0) is 25.9 Å².